The molecule has 2 aromatic rings. The fourth-order valence-corrected chi connectivity index (χ4v) is 2.27. The van der Waals surface area contributed by atoms with Gasteiger partial charge >= 0.3 is 0 Å². The van der Waals surface area contributed by atoms with Gasteiger partial charge in [0.2, 0.25) is 5.88 Å². The Balaban J connectivity index is 0.00000364. The number of aromatic nitrogens is 1. The summed E-state index contributed by atoms with van der Waals surface area (Å²) >= 11 is 0. The third-order valence-electron chi connectivity index (χ3n) is 3.63. The van der Waals surface area contributed by atoms with Crippen molar-refractivity contribution < 1.29 is 14.2 Å². The van der Waals surface area contributed by atoms with Gasteiger partial charge in [0.05, 0.1) is 20.8 Å². The van der Waals surface area contributed by atoms with E-state index in [0.29, 0.717) is 24.9 Å². The lowest BCUT2D eigenvalue weighted by atomic mass is 10.2. The highest BCUT2D eigenvalue weighted by atomic mass is 127. The van der Waals surface area contributed by atoms with Gasteiger partial charge in [0.15, 0.2) is 5.96 Å². The van der Waals surface area contributed by atoms with Crippen LogP contribution in [0.1, 0.15) is 12.5 Å². The number of pyridine rings is 1. The molecule has 8 heteroatoms. The second-order valence-corrected chi connectivity index (χ2v) is 5.62. The summed E-state index contributed by atoms with van der Waals surface area (Å²) in [5, 5.41) is 6.51. The molecule has 148 valence electrons. The molecule has 7 nitrogen and oxygen atoms in total. The quantitative estimate of drug-likeness (QED) is 0.340. The van der Waals surface area contributed by atoms with E-state index in [1.54, 1.807) is 27.5 Å². The second kappa shape index (κ2) is 12.2. The van der Waals surface area contributed by atoms with Crippen LogP contribution in [0.4, 0.5) is 0 Å². The molecule has 0 spiro atoms. The van der Waals surface area contributed by atoms with E-state index in [4.69, 9.17) is 14.2 Å². The minimum absolute atomic E-state index is 0. The van der Waals surface area contributed by atoms with E-state index in [-0.39, 0.29) is 30.1 Å². The predicted octanol–water partition coefficient (Wildman–Crippen LogP) is 2.85. The number of benzene rings is 1. The van der Waals surface area contributed by atoms with Crippen molar-refractivity contribution in [2.75, 3.05) is 27.8 Å². The maximum atomic E-state index is 5.89. The summed E-state index contributed by atoms with van der Waals surface area (Å²) < 4.78 is 16.2. The molecule has 0 amide bonds. The van der Waals surface area contributed by atoms with Crippen molar-refractivity contribution >= 4 is 29.9 Å². The van der Waals surface area contributed by atoms with Crippen LogP contribution in [-0.4, -0.2) is 44.9 Å². The van der Waals surface area contributed by atoms with Crippen molar-refractivity contribution in [1.82, 2.24) is 15.6 Å². The molecule has 1 heterocycles. The minimum atomic E-state index is -0.0401. The number of ether oxygens (including phenoxy) is 3. The molecule has 27 heavy (non-hydrogen) atoms. The van der Waals surface area contributed by atoms with Crippen LogP contribution >= 0.6 is 24.0 Å². The molecule has 2 N–H and O–H groups in total. The highest BCUT2D eigenvalue weighted by molar-refractivity contribution is 14.0. The Morgan fingerprint density at radius 2 is 1.89 bits per heavy atom. The number of hydrogen-bond acceptors (Lipinski definition) is 5. The van der Waals surface area contributed by atoms with Gasteiger partial charge in [-0.2, -0.15) is 0 Å². The Hall–Kier alpha value is -2.23. The summed E-state index contributed by atoms with van der Waals surface area (Å²) in [6.45, 7) is 3.22. The summed E-state index contributed by atoms with van der Waals surface area (Å²) in [5.41, 5.74) is 1.06. The van der Waals surface area contributed by atoms with Crippen LogP contribution in [0.25, 0.3) is 0 Å². The first-order valence-electron chi connectivity index (χ1n) is 8.38. The van der Waals surface area contributed by atoms with Crippen molar-refractivity contribution in [2.24, 2.45) is 4.99 Å². The summed E-state index contributed by atoms with van der Waals surface area (Å²) in [4.78, 5) is 8.32. The Morgan fingerprint density at radius 3 is 2.59 bits per heavy atom. The van der Waals surface area contributed by atoms with Crippen LogP contribution in [-0.2, 0) is 6.54 Å². The molecule has 2 rings (SSSR count). The number of methoxy groups -OCH3 is 2. The molecule has 1 atom stereocenters. The van der Waals surface area contributed by atoms with Crippen LogP contribution in [0.5, 0.6) is 17.4 Å². The summed E-state index contributed by atoms with van der Waals surface area (Å²) in [6.07, 6.45) is 1.68. The predicted molar refractivity (Wildman–Crippen MR) is 117 cm³/mol. The van der Waals surface area contributed by atoms with Crippen LogP contribution in [0.2, 0.25) is 0 Å². The Bertz CT molecular complexity index is 728. The number of hydrogen-bond donors (Lipinski definition) is 2. The first-order chi connectivity index (χ1) is 12.6. The zero-order chi connectivity index (χ0) is 18.8. The van der Waals surface area contributed by atoms with Crippen molar-refractivity contribution in [1.29, 1.82) is 0 Å². The van der Waals surface area contributed by atoms with E-state index in [2.05, 4.69) is 20.6 Å². The van der Waals surface area contributed by atoms with Crippen LogP contribution in [0.15, 0.2) is 47.6 Å². The van der Waals surface area contributed by atoms with Crippen LogP contribution in [0, 0.1) is 0 Å². The molecule has 0 bridgehead atoms. The highest BCUT2D eigenvalue weighted by Gasteiger charge is 2.07. The Morgan fingerprint density at radius 1 is 1.11 bits per heavy atom. The molecule has 1 unspecified atom stereocenters. The maximum Gasteiger partial charge on any atom is 0.213 e. The van der Waals surface area contributed by atoms with E-state index >= 15 is 0 Å². The first kappa shape index (κ1) is 22.8. The van der Waals surface area contributed by atoms with Crippen LogP contribution in [0.3, 0.4) is 0 Å². The average Bonchev–Trinajstić information content (AvgIpc) is 2.68. The summed E-state index contributed by atoms with van der Waals surface area (Å²) in [6, 6.07) is 11.4. The van der Waals surface area contributed by atoms with Crippen molar-refractivity contribution in [3.05, 3.63) is 48.2 Å². The van der Waals surface area contributed by atoms with Crippen molar-refractivity contribution in [2.45, 2.75) is 19.6 Å². The van der Waals surface area contributed by atoms with Crippen LogP contribution < -0.4 is 24.8 Å². The zero-order valence-electron chi connectivity index (χ0n) is 16.1. The van der Waals surface area contributed by atoms with E-state index in [9.17, 15) is 0 Å². The van der Waals surface area contributed by atoms with E-state index in [1.165, 1.54) is 0 Å². The fourth-order valence-electron chi connectivity index (χ4n) is 2.27. The van der Waals surface area contributed by atoms with Gasteiger partial charge in [0, 0.05) is 31.9 Å². The molecule has 1 aromatic carbocycles. The Kier molecular flexibility index (Phi) is 10.3. The standard InChI is InChI=1S/C19H26N4O3.HI/c1-14(26-17-7-5-6-16(11-17)24-3)12-22-19(20-2)23-13-15-8-9-21-18(10-15)25-4;/h5-11,14H,12-13H2,1-4H3,(H2,20,22,23);1H. The minimum Gasteiger partial charge on any atom is -0.497 e. The van der Waals surface area contributed by atoms with Gasteiger partial charge < -0.3 is 24.8 Å². The number of nitrogens with one attached hydrogen (secondary N) is 2. The molecule has 0 radical (unpaired) electrons. The third kappa shape index (κ3) is 7.90. The number of rotatable bonds is 8. The van der Waals surface area contributed by atoms with Gasteiger partial charge in [-0.15, -0.1) is 24.0 Å². The maximum absolute atomic E-state index is 5.89. The summed E-state index contributed by atoms with van der Waals surface area (Å²) in [5.74, 6) is 2.83. The largest absolute Gasteiger partial charge is 0.497 e. The van der Waals surface area contributed by atoms with E-state index < -0.39 is 0 Å². The molecule has 0 fully saturated rings. The van der Waals surface area contributed by atoms with Gasteiger partial charge in [-0.25, -0.2) is 4.98 Å². The third-order valence-corrected chi connectivity index (χ3v) is 3.63. The average molecular weight is 486 g/mol. The molecular formula is C19H27IN4O3. The molecule has 0 aliphatic heterocycles. The fraction of sp³-hybridized carbons (Fsp3) is 0.368. The topological polar surface area (TPSA) is 77.0 Å². The van der Waals surface area contributed by atoms with Gasteiger partial charge in [0.1, 0.15) is 17.6 Å². The number of guanidine groups is 1. The zero-order valence-corrected chi connectivity index (χ0v) is 18.4. The lowest BCUT2D eigenvalue weighted by Gasteiger charge is -2.18. The van der Waals surface area contributed by atoms with Gasteiger partial charge in [-0.1, -0.05) is 6.07 Å². The molecular weight excluding hydrogens is 459 g/mol. The van der Waals surface area contributed by atoms with Gasteiger partial charge in [0.25, 0.3) is 0 Å². The monoisotopic (exact) mass is 486 g/mol. The Labute approximate surface area is 177 Å². The lowest BCUT2D eigenvalue weighted by molar-refractivity contribution is 0.223. The molecule has 0 saturated heterocycles. The van der Waals surface area contributed by atoms with E-state index in [1.807, 2.05) is 43.3 Å². The van der Waals surface area contributed by atoms with Gasteiger partial charge in [-0.05, 0) is 30.7 Å². The number of nitrogens with zero attached hydrogens (tertiary/aromatic N) is 2. The molecule has 0 aliphatic carbocycles. The molecule has 0 saturated carbocycles. The number of aliphatic imine (C=N–C) groups is 1. The SMILES string of the molecule is CN=C(NCc1ccnc(OC)c1)NCC(C)Oc1cccc(OC)c1.I. The normalized spacial score (nSPS) is 11.8. The molecule has 1 aromatic heterocycles. The number of halogens is 1. The van der Waals surface area contributed by atoms with Crippen molar-refractivity contribution in [3.63, 3.8) is 0 Å². The first-order valence-corrected chi connectivity index (χ1v) is 8.38. The second-order valence-electron chi connectivity index (χ2n) is 5.62. The van der Waals surface area contributed by atoms with E-state index in [0.717, 1.165) is 17.1 Å². The molecule has 0 aliphatic rings. The van der Waals surface area contributed by atoms with Crippen molar-refractivity contribution in [3.8, 4) is 17.4 Å². The smallest absolute Gasteiger partial charge is 0.213 e. The van der Waals surface area contributed by atoms with Gasteiger partial charge in [-0.3, -0.25) is 4.99 Å². The highest BCUT2D eigenvalue weighted by Crippen LogP contribution is 2.19. The lowest BCUT2D eigenvalue weighted by Crippen LogP contribution is -2.41. The summed E-state index contributed by atoms with van der Waals surface area (Å²) in [7, 11) is 4.97.